The Kier molecular flexibility index (Phi) is 6.98. The maximum absolute atomic E-state index is 2.53. The van der Waals surface area contributed by atoms with Crippen LogP contribution in [-0.4, -0.2) is 8.80 Å². The van der Waals surface area contributed by atoms with Gasteiger partial charge in [-0.3, -0.25) is 0 Å². The number of benzene rings is 10. The minimum atomic E-state index is 1.13. The summed E-state index contributed by atoms with van der Waals surface area (Å²) in [5.74, 6) is 0. The van der Waals surface area contributed by atoms with Crippen LogP contribution in [0.15, 0.2) is 218 Å². The van der Waals surface area contributed by atoms with Gasteiger partial charge in [0.2, 0.25) is 0 Å². The molecule has 0 aliphatic rings. The Morgan fingerprint density at radius 1 is 0.233 bits per heavy atom. The van der Waals surface area contributed by atoms with Gasteiger partial charge in [-0.1, -0.05) is 133 Å². The zero-order chi connectivity index (χ0) is 39.3. The van der Waals surface area contributed by atoms with Crippen molar-refractivity contribution in [3.63, 3.8) is 0 Å². The smallest absolute Gasteiger partial charge is 0.0783 e. The lowest BCUT2D eigenvalue weighted by molar-refractivity contribution is 1.26. The second-order valence-corrected chi connectivity index (χ2v) is 15.7. The number of hydrogen-bond acceptors (Lipinski definition) is 2. The molecule has 0 aliphatic carbocycles. The van der Waals surface area contributed by atoms with Crippen molar-refractivity contribution in [1.82, 2.24) is 8.80 Å². The largest absolute Gasteiger partial charge is 0.310 e. The Bertz CT molecular complexity index is 3430. The van der Waals surface area contributed by atoms with Crippen LogP contribution >= 0.6 is 0 Å². The molecule has 0 aliphatic heterocycles. The molecule has 0 bridgehead atoms. The third-order valence-electron chi connectivity index (χ3n) is 12.6. The third-order valence-corrected chi connectivity index (χ3v) is 12.6. The number of nitrogens with zero attached hydrogens (tertiary/aromatic N) is 4. The van der Waals surface area contributed by atoms with E-state index in [1.165, 1.54) is 76.2 Å². The van der Waals surface area contributed by atoms with Gasteiger partial charge < -0.3 is 18.6 Å². The number of hydrogen-bond donors (Lipinski definition) is 0. The fraction of sp³-hybridized carbons (Fsp3) is 0. The molecule has 0 amide bonds. The molecule has 0 radical (unpaired) electrons. The van der Waals surface area contributed by atoms with E-state index in [0.29, 0.717) is 0 Å². The first kappa shape index (κ1) is 32.9. The van der Waals surface area contributed by atoms with Crippen LogP contribution < -0.4 is 9.80 Å². The monoisotopic (exact) mass is 764 g/mol. The van der Waals surface area contributed by atoms with E-state index in [1.54, 1.807) is 0 Å². The predicted molar refractivity (Wildman–Crippen MR) is 254 cm³/mol. The zero-order valence-corrected chi connectivity index (χ0v) is 32.6. The molecule has 4 nitrogen and oxygen atoms in total. The summed E-state index contributed by atoms with van der Waals surface area (Å²) in [4.78, 5) is 4.76. The van der Waals surface area contributed by atoms with E-state index in [-0.39, 0.29) is 0 Å². The maximum atomic E-state index is 2.53. The molecule has 0 N–H and O–H groups in total. The summed E-state index contributed by atoms with van der Waals surface area (Å²) in [6.45, 7) is 0. The summed E-state index contributed by atoms with van der Waals surface area (Å²) < 4.78 is 5.05. The van der Waals surface area contributed by atoms with E-state index in [0.717, 1.165) is 34.1 Å². The van der Waals surface area contributed by atoms with E-state index >= 15 is 0 Å². The van der Waals surface area contributed by atoms with Gasteiger partial charge in [0, 0.05) is 55.1 Å². The molecule has 0 atom stereocenters. The summed E-state index contributed by atoms with van der Waals surface area (Å²) in [5, 5.41) is 9.97. The summed E-state index contributed by atoms with van der Waals surface area (Å²) in [6, 6.07) is 79.4. The van der Waals surface area contributed by atoms with Crippen LogP contribution in [0.5, 0.6) is 0 Å². The van der Waals surface area contributed by atoms with Gasteiger partial charge in [0.05, 0.1) is 44.5 Å². The van der Waals surface area contributed by atoms with Gasteiger partial charge in [0.15, 0.2) is 0 Å². The first-order valence-electron chi connectivity index (χ1n) is 20.6. The Balaban J connectivity index is 1.10. The Morgan fingerprint density at radius 3 is 0.933 bits per heavy atom. The van der Waals surface area contributed by atoms with Crippen molar-refractivity contribution in [2.45, 2.75) is 0 Å². The molecule has 60 heavy (non-hydrogen) atoms. The normalized spacial score (nSPS) is 12.0. The molecule has 10 aromatic carbocycles. The highest BCUT2D eigenvalue weighted by molar-refractivity contribution is 6.30. The molecule has 0 saturated carbocycles. The molecule has 0 spiro atoms. The Labute approximate surface area is 345 Å². The van der Waals surface area contributed by atoms with E-state index in [4.69, 9.17) is 0 Å². The molecule has 4 heteroatoms. The first-order valence-corrected chi connectivity index (χ1v) is 20.6. The highest BCUT2D eigenvalue weighted by Crippen LogP contribution is 2.48. The number of fused-ring (bicyclic) bond motifs is 12. The van der Waals surface area contributed by atoms with Crippen molar-refractivity contribution in [3.05, 3.63) is 218 Å². The SMILES string of the molecule is c1ccc(N(c2ccccc2)c2cccc3c2ccc2c3c3cccc4c3n2c2cccc3c5c6cccc(N(c7ccccc7)c7ccccc7)c6ccc5n4c32)cc1. The van der Waals surface area contributed by atoms with Gasteiger partial charge in [-0.15, -0.1) is 0 Å². The molecule has 0 unspecified atom stereocenters. The lowest BCUT2D eigenvalue weighted by atomic mass is 10.0. The van der Waals surface area contributed by atoms with Gasteiger partial charge in [-0.05, 0) is 95.7 Å². The number of para-hydroxylation sites is 6. The summed E-state index contributed by atoms with van der Waals surface area (Å²) in [5.41, 5.74) is 14.1. The quantitative estimate of drug-likeness (QED) is 0.157. The van der Waals surface area contributed by atoms with Crippen LogP contribution in [0, 0.1) is 0 Å². The second-order valence-electron chi connectivity index (χ2n) is 15.7. The molecule has 13 aromatic rings. The van der Waals surface area contributed by atoms with Crippen molar-refractivity contribution in [1.29, 1.82) is 0 Å². The van der Waals surface area contributed by atoms with Crippen LogP contribution in [0.3, 0.4) is 0 Å². The van der Waals surface area contributed by atoms with Crippen LogP contribution in [0.25, 0.3) is 76.2 Å². The molecular weight excluding hydrogens is 729 g/mol. The van der Waals surface area contributed by atoms with E-state index in [9.17, 15) is 0 Å². The fourth-order valence-corrected chi connectivity index (χ4v) is 10.2. The second kappa shape index (κ2) is 12.7. The fourth-order valence-electron chi connectivity index (χ4n) is 10.2. The van der Waals surface area contributed by atoms with E-state index in [2.05, 4.69) is 237 Å². The number of anilines is 6. The zero-order valence-electron chi connectivity index (χ0n) is 32.6. The Morgan fingerprint density at radius 2 is 0.567 bits per heavy atom. The van der Waals surface area contributed by atoms with Gasteiger partial charge in [0.25, 0.3) is 0 Å². The van der Waals surface area contributed by atoms with Crippen molar-refractivity contribution >= 4 is 110 Å². The minimum Gasteiger partial charge on any atom is -0.310 e. The number of rotatable bonds is 6. The van der Waals surface area contributed by atoms with Crippen LogP contribution in [0.1, 0.15) is 0 Å². The first-order chi connectivity index (χ1) is 29.8. The lowest BCUT2D eigenvalue weighted by Gasteiger charge is -2.27. The van der Waals surface area contributed by atoms with E-state index < -0.39 is 0 Å². The van der Waals surface area contributed by atoms with Crippen molar-refractivity contribution in [2.24, 2.45) is 0 Å². The molecule has 280 valence electrons. The standard InChI is InChI=1S/C56H36N4/c1-5-17-37(18-6-1)57(38-19-7-2-8-20-38)47-29-13-25-43-41(47)33-35-49-53(43)45-27-15-31-51-55(45)59(49)52-32-16-28-46-54-44-26-14-30-48(42(44)34-36-50(54)60(51)56(46)52)58(39-21-9-3-10-22-39)40-23-11-4-12-24-40/h1-36H. The topological polar surface area (TPSA) is 15.3 Å². The summed E-state index contributed by atoms with van der Waals surface area (Å²) in [7, 11) is 0. The average molecular weight is 765 g/mol. The van der Waals surface area contributed by atoms with Crippen molar-refractivity contribution in [2.75, 3.05) is 9.80 Å². The molecular formula is C56H36N4. The van der Waals surface area contributed by atoms with Gasteiger partial charge >= 0.3 is 0 Å². The van der Waals surface area contributed by atoms with Crippen LogP contribution in [-0.2, 0) is 0 Å². The van der Waals surface area contributed by atoms with E-state index in [1.807, 2.05) is 0 Å². The van der Waals surface area contributed by atoms with Crippen molar-refractivity contribution in [3.8, 4) is 0 Å². The molecule has 3 heterocycles. The highest BCUT2D eigenvalue weighted by Gasteiger charge is 2.25. The highest BCUT2D eigenvalue weighted by atomic mass is 15.1. The van der Waals surface area contributed by atoms with Crippen LogP contribution in [0.4, 0.5) is 34.1 Å². The average Bonchev–Trinajstić information content (AvgIpc) is 3.85. The molecule has 0 saturated heterocycles. The lowest BCUT2D eigenvalue weighted by Crippen LogP contribution is -2.10. The summed E-state index contributed by atoms with van der Waals surface area (Å²) >= 11 is 0. The minimum absolute atomic E-state index is 1.13. The third kappa shape index (κ3) is 4.56. The van der Waals surface area contributed by atoms with Crippen molar-refractivity contribution < 1.29 is 0 Å². The molecule has 13 rings (SSSR count). The molecule has 3 aromatic heterocycles. The maximum Gasteiger partial charge on any atom is 0.0783 e. The van der Waals surface area contributed by atoms with Gasteiger partial charge in [0.1, 0.15) is 0 Å². The van der Waals surface area contributed by atoms with Crippen LogP contribution in [0.2, 0.25) is 0 Å². The van der Waals surface area contributed by atoms with Gasteiger partial charge in [-0.2, -0.15) is 0 Å². The number of aromatic nitrogens is 2. The predicted octanol–water partition coefficient (Wildman–Crippen LogP) is 15.5. The molecule has 0 fully saturated rings. The Hall–Kier alpha value is -8.08. The summed E-state index contributed by atoms with van der Waals surface area (Å²) in [6.07, 6.45) is 0. The van der Waals surface area contributed by atoms with Gasteiger partial charge in [-0.25, -0.2) is 0 Å².